The number of Topliss-reactive ketones (excluding diaryl/α,β-unsaturated/α-hetero) is 1. The van der Waals surface area contributed by atoms with Gasteiger partial charge in [0.05, 0.1) is 37.9 Å². The van der Waals surface area contributed by atoms with E-state index in [2.05, 4.69) is 0 Å². The number of hydrogen-bond acceptors (Lipinski definition) is 4. The number of nitrogens with zero attached hydrogens (tertiary/aromatic N) is 1. The number of carbonyl (C=O) groups is 2. The van der Waals surface area contributed by atoms with Gasteiger partial charge in [0, 0.05) is 0 Å². The molecule has 1 atom stereocenters. The van der Waals surface area contributed by atoms with E-state index in [0.717, 1.165) is 44.0 Å². The molecular formula is C19H25N2O4+. The minimum absolute atomic E-state index is 0.200. The molecule has 25 heavy (non-hydrogen) atoms. The zero-order chi connectivity index (χ0) is 18.0. The van der Waals surface area contributed by atoms with Gasteiger partial charge >= 0.3 is 0 Å². The molecular weight excluding hydrogens is 320 g/mol. The largest absolute Gasteiger partial charge is 0.503 e. The summed E-state index contributed by atoms with van der Waals surface area (Å²) in [6.45, 7) is 7.94. The van der Waals surface area contributed by atoms with Crippen LogP contribution in [0.1, 0.15) is 24.1 Å². The molecule has 0 radical (unpaired) electrons. The highest BCUT2D eigenvalue weighted by molar-refractivity contribution is 6.08. The highest BCUT2D eigenvalue weighted by atomic mass is 16.5. The average molecular weight is 345 g/mol. The standard InChI is InChI=1S/C19H24N2O4/c1-13-3-5-15(6-4-13)17-16(14(2)22)18(23)19(24)21(17)8-7-20-9-11-25-12-10-20/h3-6,17,23H,7-12H2,1-2H3/p+1. The van der Waals surface area contributed by atoms with Crippen molar-refractivity contribution in [1.82, 2.24) is 4.90 Å². The van der Waals surface area contributed by atoms with Crippen molar-refractivity contribution in [3.05, 3.63) is 46.7 Å². The SMILES string of the molecule is CC(=O)C1=C(O)C(=O)N(CC[NH+]2CCOCC2)C1c1ccc(C)cc1. The van der Waals surface area contributed by atoms with E-state index in [1.807, 2.05) is 31.2 Å². The highest BCUT2D eigenvalue weighted by Crippen LogP contribution is 2.37. The third-order valence-corrected chi connectivity index (χ3v) is 4.98. The van der Waals surface area contributed by atoms with Crippen LogP contribution in [-0.4, -0.2) is 61.1 Å². The van der Waals surface area contributed by atoms with Gasteiger partial charge in [0.1, 0.15) is 13.1 Å². The number of rotatable bonds is 5. The van der Waals surface area contributed by atoms with Crippen LogP contribution in [0.3, 0.4) is 0 Å². The summed E-state index contributed by atoms with van der Waals surface area (Å²) in [7, 11) is 0. The van der Waals surface area contributed by atoms with Crippen molar-refractivity contribution in [2.24, 2.45) is 0 Å². The van der Waals surface area contributed by atoms with Gasteiger partial charge in [-0.25, -0.2) is 0 Å². The zero-order valence-corrected chi connectivity index (χ0v) is 14.7. The first-order valence-electron chi connectivity index (χ1n) is 8.72. The molecule has 1 fully saturated rings. The number of ketones is 1. The van der Waals surface area contributed by atoms with Crippen LogP contribution in [0.2, 0.25) is 0 Å². The Morgan fingerprint density at radius 1 is 1.28 bits per heavy atom. The van der Waals surface area contributed by atoms with E-state index >= 15 is 0 Å². The first-order valence-corrected chi connectivity index (χ1v) is 8.72. The molecule has 0 spiro atoms. The molecule has 1 saturated heterocycles. The Morgan fingerprint density at radius 2 is 1.92 bits per heavy atom. The monoisotopic (exact) mass is 345 g/mol. The quantitative estimate of drug-likeness (QED) is 0.800. The number of nitrogens with one attached hydrogen (secondary N) is 1. The van der Waals surface area contributed by atoms with E-state index in [4.69, 9.17) is 4.74 Å². The van der Waals surface area contributed by atoms with Crippen molar-refractivity contribution in [3.63, 3.8) is 0 Å². The van der Waals surface area contributed by atoms with E-state index in [9.17, 15) is 14.7 Å². The number of quaternary nitrogens is 1. The number of ether oxygens (including phenoxy) is 1. The fourth-order valence-electron chi connectivity index (χ4n) is 3.53. The van der Waals surface area contributed by atoms with Crippen molar-refractivity contribution < 1.29 is 24.3 Å². The Morgan fingerprint density at radius 3 is 2.52 bits per heavy atom. The van der Waals surface area contributed by atoms with Gasteiger partial charge in [-0.15, -0.1) is 0 Å². The van der Waals surface area contributed by atoms with E-state index < -0.39 is 17.7 Å². The Kier molecular flexibility index (Phi) is 5.20. The van der Waals surface area contributed by atoms with Crippen molar-refractivity contribution in [2.45, 2.75) is 19.9 Å². The molecule has 2 aliphatic rings. The summed E-state index contributed by atoms with van der Waals surface area (Å²) >= 11 is 0. The van der Waals surface area contributed by atoms with E-state index in [1.54, 1.807) is 4.90 Å². The molecule has 1 aromatic carbocycles. The molecule has 134 valence electrons. The fourth-order valence-corrected chi connectivity index (χ4v) is 3.53. The lowest BCUT2D eigenvalue weighted by atomic mass is 9.96. The Balaban J connectivity index is 1.85. The van der Waals surface area contributed by atoms with Crippen LogP contribution in [0.15, 0.2) is 35.6 Å². The predicted molar refractivity (Wildman–Crippen MR) is 92.4 cm³/mol. The number of morpholine rings is 1. The molecule has 0 bridgehead atoms. The molecule has 3 rings (SSSR count). The normalized spacial score (nSPS) is 21.9. The minimum Gasteiger partial charge on any atom is -0.503 e. The molecule has 2 heterocycles. The number of aliphatic hydroxyl groups is 1. The van der Waals surface area contributed by atoms with Gasteiger partial charge in [0.25, 0.3) is 5.91 Å². The lowest BCUT2D eigenvalue weighted by Crippen LogP contribution is -3.14. The van der Waals surface area contributed by atoms with Crippen LogP contribution in [0, 0.1) is 6.92 Å². The van der Waals surface area contributed by atoms with Gasteiger partial charge in [0.2, 0.25) is 0 Å². The molecule has 0 aromatic heterocycles. The maximum Gasteiger partial charge on any atom is 0.290 e. The second-order valence-electron chi connectivity index (χ2n) is 6.74. The summed E-state index contributed by atoms with van der Waals surface area (Å²) in [6.07, 6.45) is 0. The molecule has 2 N–H and O–H groups in total. The van der Waals surface area contributed by atoms with Crippen molar-refractivity contribution >= 4 is 11.7 Å². The topological polar surface area (TPSA) is 71.3 Å². The van der Waals surface area contributed by atoms with Gasteiger partial charge in [-0.1, -0.05) is 29.8 Å². The number of carbonyl (C=O) groups excluding carboxylic acids is 2. The first kappa shape index (κ1) is 17.6. The number of aliphatic hydroxyl groups excluding tert-OH is 1. The van der Waals surface area contributed by atoms with E-state index in [-0.39, 0.29) is 11.4 Å². The Hall–Kier alpha value is -2.18. The zero-order valence-electron chi connectivity index (χ0n) is 14.7. The maximum absolute atomic E-state index is 12.6. The molecule has 0 saturated carbocycles. The van der Waals surface area contributed by atoms with Gasteiger partial charge in [-0.2, -0.15) is 0 Å². The van der Waals surface area contributed by atoms with Crippen LogP contribution in [0.4, 0.5) is 0 Å². The molecule has 1 unspecified atom stereocenters. The summed E-state index contributed by atoms with van der Waals surface area (Å²) in [5, 5.41) is 10.3. The molecule has 1 aromatic rings. The average Bonchev–Trinajstić information content (AvgIpc) is 2.86. The van der Waals surface area contributed by atoms with Crippen LogP contribution in [0.25, 0.3) is 0 Å². The molecule has 6 heteroatoms. The van der Waals surface area contributed by atoms with Gasteiger partial charge in [-0.05, 0) is 19.4 Å². The third kappa shape index (κ3) is 3.60. The lowest BCUT2D eigenvalue weighted by Gasteiger charge is -2.30. The van der Waals surface area contributed by atoms with Crippen molar-refractivity contribution in [1.29, 1.82) is 0 Å². The van der Waals surface area contributed by atoms with Gasteiger partial charge in [-0.3, -0.25) is 9.59 Å². The summed E-state index contributed by atoms with van der Waals surface area (Å²) < 4.78 is 5.37. The fraction of sp³-hybridized carbons (Fsp3) is 0.474. The van der Waals surface area contributed by atoms with Crippen LogP contribution in [-0.2, 0) is 14.3 Å². The third-order valence-electron chi connectivity index (χ3n) is 4.98. The second-order valence-corrected chi connectivity index (χ2v) is 6.74. The molecule has 1 amide bonds. The van der Waals surface area contributed by atoms with Crippen molar-refractivity contribution in [2.75, 3.05) is 39.4 Å². The predicted octanol–water partition coefficient (Wildman–Crippen LogP) is 0.195. The maximum atomic E-state index is 12.6. The number of amides is 1. The second kappa shape index (κ2) is 7.37. The Bertz CT molecular complexity index is 690. The van der Waals surface area contributed by atoms with E-state index in [0.29, 0.717) is 6.54 Å². The number of aryl methyl sites for hydroxylation is 1. The van der Waals surface area contributed by atoms with Gasteiger partial charge in [0.15, 0.2) is 11.5 Å². The smallest absolute Gasteiger partial charge is 0.290 e. The molecule has 0 aliphatic carbocycles. The first-order chi connectivity index (χ1) is 12.0. The molecule has 6 nitrogen and oxygen atoms in total. The summed E-state index contributed by atoms with van der Waals surface area (Å²) in [5.74, 6) is -1.13. The summed E-state index contributed by atoms with van der Waals surface area (Å²) in [6, 6.07) is 7.25. The van der Waals surface area contributed by atoms with Gasteiger partial charge < -0.3 is 19.6 Å². The minimum atomic E-state index is -0.508. The Labute approximate surface area is 147 Å². The lowest BCUT2D eigenvalue weighted by molar-refractivity contribution is -0.907. The van der Waals surface area contributed by atoms with Crippen molar-refractivity contribution in [3.8, 4) is 0 Å². The van der Waals surface area contributed by atoms with Crippen LogP contribution in [0.5, 0.6) is 0 Å². The summed E-state index contributed by atoms with van der Waals surface area (Å²) in [4.78, 5) is 27.7. The summed E-state index contributed by atoms with van der Waals surface area (Å²) in [5.41, 5.74) is 2.16. The van der Waals surface area contributed by atoms with Crippen LogP contribution >= 0.6 is 0 Å². The highest BCUT2D eigenvalue weighted by Gasteiger charge is 2.42. The molecule has 2 aliphatic heterocycles. The number of hydrogen-bond donors (Lipinski definition) is 2. The number of benzene rings is 1. The van der Waals surface area contributed by atoms with Crippen LogP contribution < -0.4 is 4.90 Å². The van der Waals surface area contributed by atoms with E-state index in [1.165, 1.54) is 11.8 Å².